The number of rotatable bonds is 4. The molecule has 3 aromatic rings. The average Bonchev–Trinajstić information content (AvgIpc) is 3.17. The fourth-order valence-electron chi connectivity index (χ4n) is 3.59. The van der Waals surface area contributed by atoms with E-state index in [1.807, 2.05) is 61.5 Å². The lowest BCUT2D eigenvalue weighted by Crippen LogP contribution is -2.27. The lowest BCUT2D eigenvalue weighted by Gasteiger charge is -2.14. The number of carbonyl (C=O) groups excluding carboxylic acids is 1. The molecule has 4 rings (SSSR count). The van der Waals surface area contributed by atoms with E-state index in [4.69, 9.17) is 17.0 Å². The van der Waals surface area contributed by atoms with Crippen LogP contribution in [0.1, 0.15) is 22.5 Å². The number of hydrogen-bond acceptors (Lipinski definition) is 4. The molecule has 0 atom stereocenters. The maximum atomic E-state index is 13.1. The Morgan fingerprint density at radius 1 is 0.967 bits per heavy atom. The lowest BCUT2D eigenvalue weighted by molar-refractivity contribution is -0.113. The van der Waals surface area contributed by atoms with Gasteiger partial charge >= 0.3 is 0 Å². The van der Waals surface area contributed by atoms with E-state index in [9.17, 15) is 4.79 Å². The smallest absolute Gasteiger partial charge is 0.270 e. The number of nitrogens with zero attached hydrogens (tertiary/aromatic N) is 2. The van der Waals surface area contributed by atoms with E-state index in [0.717, 1.165) is 39.6 Å². The standard InChI is InChI=1S/C24H22N2O2S2/c1-15-5-7-20(8-6-15)26-23(27)22(30-24(26)29)14-18-13-16(2)25(17(18)3)19-9-11-21(28-4)12-10-19/h5-14H,1-4H3/b22-14-. The predicted octanol–water partition coefficient (Wildman–Crippen LogP) is 5.82. The minimum atomic E-state index is -0.0805. The molecule has 1 amide bonds. The van der Waals surface area contributed by atoms with Gasteiger partial charge in [-0.2, -0.15) is 0 Å². The van der Waals surface area contributed by atoms with Crippen LogP contribution < -0.4 is 9.64 Å². The summed E-state index contributed by atoms with van der Waals surface area (Å²) >= 11 is 6.84. The topological polar surface area (TPSA) is 34.5 Å². The number of methoxy groups -OCH3 is 1. The van der Waals surface area contributed by atoms with Gasteiger partial charge in [-0.05, 0) is 74.9 Å². The number of aromatic nitrogens is 1. The van der Waals surface area contributed by atoms with Crippen molar-refractivity contribution < 1.29 is 9.53 Å². The lowest BCUT2D eigenvalue weighted by atomic mass is 10.2. The summed E-state index contributed by atoms with van der Waals surface area (Å²) in [5, 5.41) is 0. The Labute approximate surface area is 186 Å². The van der Waals surface area contributed by atoms with Crippen LogP contribution in [0.2, 0.25) is 0 Å². The molecule has 2 heterocycles. The number of amides is 1. The molecular weight excluding hydrogens is 412 g/mol. The Bertz CT molecular complexity index is 1160. The number of carbonyl (C=O) groups is 1. The summed E-state index contributed by atoms with van der Waals surface area (Å²) < 4.78 is 7.99. The van der Waals surface area contributed by atoms with Crippen LogP contribution in [0, 0.1) is 20.8 Å². The molecule has 1 saturated heterocycles. The van der Waals surface area contributed by atoms with E-state index < -0.39 is 0 Å². The SMILES string of the molecule is COc1ccc(-n2c(C)cc(/C=C3\SC(=S)N(c4ccc(C)cc4)C3=O)c2C)cc1. The van der Waals surface area contributed by atoms with Gasteiger partial charge in [0.25, 0.3) is 5.91 Å². The van der Waals surface area contributed by atoms with Crippen LogP contribution in [-0.2, 0) is 4.79 Å². The maximum Gasteiger partial charge on any atom is 0.270 e. The van der Waals surface area contributed by atoms with E-state index in [1.165, 1.54) is 11.8 Å². The number of aryl methyl sites for hydroxylation is 2. The highest BCUT2D eigenvalue weighted by Crippen LogP contribution is 2.37. The second-order valence-corrected chi connectivity index (χ2v) is 8.89. The number of benzene rings is 2. The fourth-order valence-corrected chi connectivity index (χ4v) is 4.88. The van der Waals surface area contributed by atoms with Gasteiger partial charge in [0, 0.05) is 17.1 Å². The zero-order chi connectivity index (χ0) is 21.4. The molecule has 1 aliphatic heterocycles. The van der Waals surface area contributed by atoms with E-state index in [-0.39, 0.29) is 5.91 Å². The average molecular weight is 435 g/mol. The van der Waals surface area contributed by atoms with Gasteiger partial charge in [-0.1, -0.05) is 41.7 Å². The number of ether oxygens (including phenoxy) is 1. The van der Waals surface area contributed by atoms with Crippen molar-refractivity contribution in [1.82, 2.24) is 4.57 Å². The number of thioether (sulfide) groups is 1. The number of thiocarbonyl (C=S) groups is 1. The number of anilines is 1. The summed E-state index contributed by atoms with van der Waals surface area (Å²) in [4.78, 5) is 15.3. The third-order valence-corrected chi connectivity index (χ3v) is 6.48. The molecule has 4 nitrogen and oxygen atoms in total. The Morgan fingerprint density at radius 3 is 2.23 bits per heavy atom. The maximum absolute atomic E-state index is 13.1. The van der Waals surface area contributed by atoms with Crippen LogP contribution >= 0.6 is 24.0 Å². The van der Waals surface area contributed by atoms with Crippen LogP contribution in [0.5, 0.6) is 5.75 Å². The van der Waals surface area contributed by atoms with Gasteiger partial charge < -0.3 is 9.30 Å². The van der Waals surface area contributed by atoms with Gasteiger partial charge in [-0.25, -0.2) is 0 Å². The first-order valence-corrected chi connectivity index (χ1v) is 10.8. The van der Waals surface area contributed by atoms with Crippen molar-refractivity contribution in [1.29, 1.82) is 0 Å². The van der Waals surface area contributed by atoms with Gasteiger partial charge in [0.05, 0.1) is 17.7 Å². The van der Waals surface area contributed by atoms with Gasteiger partial charge in [0.15, 0.2) is 4.32 Å². The molecular formula is C24H22N2O2S2. The second kappa shape index (κ2) is 8.13. The van der Waals surface area contributed by atoms with Crippen molar-refractivity contribution in [3.8, 4) is 11.4 Å². The number of hydrogen-bond donors (Lipinski definition) is 0. The molecule has 0 bridgehead atoms. The van der Waals surface area contributed by atoms with Gasteiger partial charge in [0.1, 0.15) is 5.75 Å². The van der Waals surface area contributed by atoms with Crippen LogP contribution in [0.4, 0.5) is 5.69 Å². The largest absolute Gasteiger partial charge is 0.497 e. The van der Waals surface area contributed by atoms with Gasteiger partial charge in [0.2, 0.25) is 0 Å². The minimum absolute atomic E-state index is 0.0805. The van der Waals surface area contributed by atoms with Crippen molar-refractivity contribution in [2.45, 2.75) is 20.8 Å². The summed E-state index contributed by atoms with van der Waals surface area (Å²) in [6.45, 7) is 6.14. The third-order valence-electron chi connectivity index (χ3n) is 5.17. The Balaban J connectivity index is 1.67. The fraction of sp³-hybridized carbons (Fsp3) is 0.167. The highest BCUT2D eigenvalue weighted by Gasteiger charge is 2.33. The van der Waals surface area contributed by atoms with Crippen molar-refractivity contribution >= 4 is 46.0 Å². The third kappa shape index (κ3) is 3.68. The van der Waals surface area contributed by atoms with Gasteiger partial charge in [-0.15, -0.1) is 0 Å². The molecule has 0 spiro atoms. The summed E-state index contributed by atoms with van der Waals surface area (Å²) in [5.41, 5.74) is 6.17. The van der Waals surface area contributed by atoms with E-state index in [2.05, 4.69) is 24.5 Å². The first kappa shape index (κ1) is 20.4. The van der Waals surface area contributed by atoms with E-state index in [1.54, 1.807) is 12.0 Å². The van der Waals surface area contributed by atoms with Gasteiger partial charge in [-0.3, -0.25) is 9.69 Å². The van der Waals surface area contributed by atoms with E-state index in [0.29, 0.717) is 9.23 Å². The Morgan fingerprint density at radius 2 is 1.60 bits per heavy atom. The van der Waals surface area contributed by atoms with Crippen LogP contribution in [0.15, 0.2) is 59.5 Å². The van der Waals surface area contributed by atoms with Crippen molar-refractivity contribution in [2.75, 3.05) is 12.0 Å². The molecule has 0 radical (unpaired) electrons. The van der Waals surface area contributed by atoms with Crippen molar-refractivity contribution in [2.24, 2.45) is 0 Å². The van der Waals surface area contributed by atoms with Crippen LogP contribution in [0.3, 0.4) is 0 Å². The molecule has 6 heteroatoms. The zero-order valence-corrected chi connectivity index (χ0v) is 18.9. The molecule has 0 unspecified atom stereocenters. The molecule has 1 aromatic heterocycles. The molecule has 1 aliphatic rings. The first-order chi connectivity index (χ1) is 14.4. The monoisotopic (exact) mass is 434 g/mol. The van der Waals surface area contributed by atoms with Crippen LogP contribution in [-0.4, -0.2) is 21.9 Å². The molecule has 0 aliphatic carbocycles. The molecule has 152 valence electrons. The molecule has 2 aromatic carbocycles. The summed E-state index contributed by atoms with van der Waals surface area (Å²) in [6, 6.07) is 17.9. The summed E-state index contributed by atoms with van der Waals surface area (Å²) in [6.07, 6.45) is 1.94. The molecule has 0 saturated carbocycles. The van der Waals surface area contributed by atoms with Crippen LogP contribution in [0.25, 0.3) is 11.8 Å². The molecule has 0 N–H and O–H groups in total. The van der Waals surface area contributed by atoms with Crippen molar-refractivity contribution in [3.63, 3.8) is 0 Å². The molecule has 1 fully saturated rings. The normalized spacial score (nSPS) is 15.3. The highest BCUT2D eigenvalue weighted by molar-refractivity contribution is 8.27. The quantitative estimate of drug-likeness (QED) is 0.383. The zero-order valence-electron chi connectivity index (χ0n) is 17.3. The predicted molar refractivity (Wildman–Crippen MR) is 129 cm³/mol. The van der Waals surface area contributed by atoms with Crippen molar-refractivity contribution in [3.05, 3.63) is 82.0 Å². The van der Waals surface area contributed by atoms with E-state index >= 15 is 0 Å². The summed E-state index contributed by atoms with van der Waals surface area (Å²) in [7, 11) is 1.66. The first-order valence-electron chi connectivity index (χ1n) is 9.57. The summed E-state index contributed by atoms with van der Waals surface area (Å²) in [5.74, 6) is 0.740. The molecule has 30 heavy (non-hydrogen) atoms. The Hall–Kier alpha value is -2.83. The minimum Gasteiger partial charge on any atom is -0.497 e. The highest BCUT2D eigenvalue weighted by atomic mass is 32.2. The second-order valence-electron chi connectivity index (χ2n) is 7.21. The Kier molecular flexibility index (Phi) is 5.54.